The van der Waals surface area contributed by atoms with Crippen molar-refractivity contribution >= 4 is 22.8 Å². The van der Waals surface area contributed by atoms with Crippen LogP contribution < -0.4 is 5.73 Å². The van der Waals surface area contributed by atoms with Crippen molar-refractivity contribution in [2.45, 2.75) is 29.5 Å². The van der Waals surface area contributed by atoms with E-state index in [-0.39, 0.29) is 5.16 Å². The molecule has 0 amide bonds. The Bertz CT molecular complexity index is 503. The lowest BCUT2D eigenvalue weighted by Crippen LogP contribution is -2.40. The molecule has 0 spiro atoms. The van der Waals surface area contributed by atoms with E-state index in [9.17, 15) is 13.2 Å². The zero-order chi connectivity index (χ0) is 13.3. The molecule has 0 radical (unpaired) electrons. The molecule has 1 aromatic heterocycles. The number of aromatic amines is 1. The number of para-hydroxylation sites is 2. The summed E-state index contributed by atoms with van der Waals surface area (Å²) < 4.78 is 38.3. The molecule has 0 aliphatic carbocycles. The third-order valence-electron chi connectivity index (χ3n) is 2.41. The first kappa shape index (κ1) is 13.2. The summed E-state index contributed by atoms with van der Waals surface area (Å²) in [5, 5.41) is -1.44. The molecular weight excluding hydrogens is 263 g/mol. The van der Waals surface area contributed by atoms with Crippen molar-refractivity contribution < 1.29 is 13.2 Å². The lowest BCUT2D eigenvalue weighted by atomic mass is 10.2. The number of imidazole rings is 1. The van der Waals surface area contributed by atoms with Crippen molar-refractivity contribution in [2.75, 3.05) is 0 Å². The first-order valence-corrected chi connectivity index (χ1v) is 6.19. The van der Waals surface area contributed by atoms with Crippen molar-refractivity contribution in [3.63, 3.8) is 0 Å². The molecule has 2 rings (SSSR count). The van der Waals surface area contributed by atoms with Crippen LogP contribution in [0.1, 0.15) is 6.92 Å². The first-order chi connectivity index (χ1) is 8.38. The van der Waals surface area contributed by atoms with E-state index >= 15 is 0 Å². The van der Waals surface area contributed by atoms with Gasteiger partial charge in [-0.1, -0.05) is 23.9 Å². The zero-order valence-corrected chi connectivity index (χ0v) is 10.3. The maximum Gasteiger partial charge on any atom is 0.402 e. The number of thioether (sulfide) groups is 1. The SMILES string of the molecule is CC(N)C(Sc1nc2ccccc2[nH]1)C(F)(F)F. The molecular formula is C11H12F3N3S. The van der Waals surface area contributed by atoms with Gasteiger partial charge in [-0.05, 0) is 19.1 Å². The molecule has 1 aromatic carbocycles. The minimum Gasteiger partial charge on any atom is -0.333 e. The van der Waals surface area contributed by atoms with Gasteiger partial charge in [0.15, 0.2) is 5.16 Å². The molecule has 3 nitrogen and oxygen atoms in total. The van der Waals surface area contributed by atoms with E-state index in [1.807, 2.05) is 0 Å². The molecule has 2 unspecified atom stereocenters. The molecule has 0 bridgehead atoms. The fraction of sp³-hybridized carbons (Fsp3) is 0.364. The van der Waals surface area contributed by atoms with E-state index in [0.29, 0.717) is 22.8 Å². The lowest BCUT2D eigenvalue weighted by Gasteiger charge is -2.21. The van der Waals surface area contributed by atoms with Gasteiger partial charge in [0.2, 0.25) is 0 Å². The van der Waals surface area contributed by atoms with E-state index in [2.05, 4.69) is 9.97 Å². The molecule has 2 atom stereocenters. The third kappa shape index (κ3) is 2.78. The third-order valence-corrected chi connectivity index (χ3v) is 3.77. The Kier molecular flexibility index (Phi) is 3.54. The van der Waals surface area contributed by atoms with Crippen LogP contribution in [0.3, 0.4) is 0 Å². The molecule has 2 aromatic rings. The highest BCUT2D eigenvalue weighted by atomic mass is 32.2. The Morgan fingerprint density at radius 3 is 2.56 bits per heavy atom. The second-order valence-electron chi connectivity index (χ2n) is 4.00. The Hall–Kier alpha value is -1.21. The molecule has 0 saturated carbocycles. The maximum absolute atomic E-state index is 12.8. The van der Waals surface area contributed by atoms with Crippen molar-refractivity contribution in [1.82, 2.24) is 9.97 Å². The topological polar surface area (TPSA) is 54.7 Å². The maximum atomic E-state index is 12.8. The van der Waals surface area contributed by atoms with Crippen LogP contribution in [0.4, 0.5) is 13.2 Å². The molecule has 7 heteroatoms. The Morgan fingerprint density at radius 1 is 1.33 bits per heavy atom. The van der Waals surface area contributed by atoms with Gasteiger partial charge >= 0.3 is 6.18 Å². The Labute approximate surface area is 106 Å². The van der Waals surface area contributed by atoms with Crippen LogP contribution in [0.2, 0.25) is 0 Å². The highest BCUT2D eigenvalue weighted by Crippen LogP contribution is 2.36. The van der Waals surface area contributed by atoms with Gasteiger partial charge in [0.25, 0.3) is 0 Å². The summed E-state index contributed by atoms with van der Waals surface area (Å²) in [6.45, 7) is 1.34. The molecule has 98 valence electrons. The fourth-order valence-electron chi connectivity index (χ4n) is 1.58. The quantitative estimate of drug-likeness (QED) is 0.847. The van der Waals surface area contributed by atoms with Gasteiger partial charge < -0.3 is 10.7 Å². The molecule has 0 fully saturated rings. The smallest absolute Gasteiger partial charge is 0.333 e. The predicted molar refractivity (Wildman–Crippen MR) is 65.4 cm³/mol. The fourth-order valence-corrected chi connectivity index (χ4v) is 2.49. The summed E-state index contributed by atoms with van der Waals surface area (Å²) in [5.74, 6) is 0. The number of halogens is 3. The van der Waals surface area contributed by atoms with Crippen LogP contribution in [0.25, 0.3) is 11.0 Å². The van der Waals surface area contributed by atoms with Crippen LogP contribution >= 0.6 is 11.8 Å². The minimum atomic E-state index is -4.35. The minimum absolute atomic E-state index is 0.232. The summed E-state index contributed by atoms with van der Waals surface area (Å²) in [6, 6.07) is 6.08. The standard InChI is InChI=1S/C11H12F3N3S/c1-6(15)9(11(12,13)14)18-10-16-7-4-2-3-5-8(7)17-10/h2-6,9H,15H2,1H3,(H,16,17). The van der Waals surface area contributed by atoms with E-state index in [4.69, 9.17) is 5.73 Å². The molecule has 0 saturated heterocycles. The van der Waals surface area contributed by atoms with Crippen LogP contribution in [-0.4, -0.2) is 27.4 Å². The highest BCUT2D eigenvalue weighted by molar-refractivity contribution is 7.99. The largest absolute Gasteiger partial charge is 0.402 e. The van der Waals surface area contributed by atoms with Gasteiger partial charge in [0.05, 0.1) is 11.0 Å². The molecule has 3 N–H and O–H groups in total. The van der Waals surface area contributed by atoms with Gasteiger partial charge in [0, 0.05) is 6.04 Å². The molecule has 1 heterocycles. The van der Waals surface area contributed by atoms with Crippen molar-refractivity contribution in [3.05, 3.63) is 24.3 Å². The number of aromatic nitrogens is 2. The van der Waals surface area contributed by atoms with Crippen molar-refractivity contribution in [1.29, 1.82) is 0 Å². The second-order valence-corrected chi connectivity index (χ2v) is 5.13. The Morgan fingerprint density at radius 2 is 2.00 bits per heavy atom. The monoisotopic (exact) mass is 275 g/mol. The summed E-state index contributed by atoms with van der Waals surface area (Å²) in [4.78, 5) is 6.95. The average Bonchev–Trinajstić information content (AvgIpc) is 2.66. The number of nitrogens with one attached hydrogen (secondary N) is 1. The van der Waals surface area contributed by atoms with E-state index in [0.717, 1.165) is 0 Å². The van der Waals surface area contributed by atoms with E-state index in [1.165, 1.54) is 6.92 Å². The van der Waals surface area contributed by atoms with Gasteiger partial charge in [-0.25, -0.2) is 4.98 Å². The normalized spacial score (nSPS) is 15.8. The van der Waals surface area contributed by atoms with Gasteiger partial charge in [-0.3, -0.25) is 0 Å². The van der Waals surface area contributed by atoms with Crippen LogP contribution in [-0.2, 0) is 0 Å². The van der Waals surface area contributed by atoms with Crippen molar-refractivity contribution in [3.8, 4) is 0 Å². The molecule has 0 aliphatic heterocycles. The summed E-state index contributed by atoms with van der Waals surface area (Å²) in [7, 11) is 0. The van der Waals surface area contributed by atoms with E-state index < -0.39 is 17.5 Å². The average molecular weight is 275 g/mol. The second kappa shape index (κ2) is 4.81. The number of alkyl halides is 3. The van der Waals surface area contributed by atoms with Crippen LogP contribution in [0, 0.1) is 0 Å². The number of hydrogen-bond donors (Lipinski definition) is 2. The van der Waals surface area contributed by atoms with Crippen LogP contribution in [0.15, 0.2) is 29.4 Å². The molecule has 18 heavy (non-hydrogen) atoms. The predicted octanol–water partition coefficient (Wildman–Crippen LogP) is 2.93. The van der Waals surface area contributed by atoms with Crippen LogP contribution in [0.5, 0.6) is 0 Å². The van der Waals surface area contributed by atoms with E-state index in [1.54, 1.807) is 24.3 Å². The highest BCUT2D eigenvalue weighted by Gasteiger charge is 2.43. The molecule has 0 aliphatic rings. The first-order valence-electron chi connectivity index (χ1n) is 5.31. The number of hydrogen-bond acceptors (Lipinski definition) is 3. The number of rotatable bonds is 3. The Balaban J connectivity index is 2.26. The number of nitrogens with zero attached hydrogens (tertiary/aromatic N) is 1. The number of fused-ring (bicyclic) bond motifs is 1. The van der Waals surface area contributed by atoms with Crippen molar-refractivity contribution in [2.24, 2.45) is 5.73 Å². The van der Waals surface area contributed by atoms with Gasteiger partial charge in [-0.15, -0.1) is 0 Å². The number of H-pyrrole nitrogens is 1. The zero-order valence-electron chi connectivity index (χ0n) is 9.53. The summed E-state index contributed by atoms with van der Waals surface area (Å²) in [6.07, 6.45) is -4.35. The lowest BCUT2D eigenvalue weighted by molar-refractivity contribution is -0.131. The summed E-state index contributed by atoms with van der Waals surface area (Å²) >= 11 is 0.613. The number of nitrogens with two attached hydrogens (primary N) is 1. The van der Waals surface area contributed by atoms with Gasteiger partial charge in [0.1, 0.15) is 5.25 Å². The number of benzene rings is 1. The van der Waals surface area contributed by atoms with Gasteiger partial charge in [-0.2, -0.15) is 13.2 Å². The summed E-state index contributed by atoms with van der Waals surface area (Å²) in [5.41, 5.74) is 6.74.